The van der Waals surface area contributed by atoms with Gasteiger partial charge in [0, 0.05) is 33.2 Å². The van der Waals surface area contributed by atoms with E-state index in [-0.39, 0.29) is 0 Å². The Labute approximate surface area is 338 Å². The summed E-state index contributed by atoms with van der Waals surface area (Å²) in [5.41, 5.74) is 14.2. The molecule has 1 heterocycles. The van der Waals surface area contributed by atoms with Crippen LogP contribution in [0.25, 0.3) is 82.4 Å². The summed E-state index contributed by atoms with van der Waals surface area (Å²) in [6, 6.07) is 83.6. The molecule has 0 radical (unpaired) electrons. The molecule has 0 saturated heterocycles. The lowest BCUT2D eigenvalue weighted by Crippen LogP contribution is -2.10. The first-order chi connectivity index (χ1) is 28.8. The molecule has 0 aliphatic heterocycles. The summed E-state index contributed by atoms with van der Waals surface area (Å²) in [5.74, 6) is 0. The molecule has 58 heavy (non-hydrogen) atoms. The number of benzene rings is 10. The van der Waals surface area contributed by atoms with E-state index in [0.717, 1.165) is 17.1 Å². The van der Waals surface area contributed by atoms with E-state index < -0.39 is 0 Å². The van der Waals surface area contributed by atoms with E-state index in [1.807, 2.05) is 0 Å². The van der Waals surface area contributed by atoms with Gasteiger partial charge in [-0.3, -0.25) is 0 Å². The second-order valence-corrected chi connectivity index (χ2v) is 14.9. The second kappa shape index (κ2) is 14.1. The van der Waals surface area contributed by atoms with Crippen LogP contribution in [-0.2, 0) is 0 Å². The van der Waals surface area contributed by atoms with Crippen LogP contribution in [0, 0.1) is 0 Å². The highest BCUT2D eigenvalue weighted by molar-refractivity contribution is 6.12. The first-order valence-corrected chi connectivity index (χ1v) is 19.9. The number of hydrogen-bond donors (Lipinski definition) is 0. The smallest absolute Gasteiger partial charge is 0.0541 e. The Morgan fingerprint density at radius 1 is 0.293 bits per heavy atom. The zero-order valence-electron chi connectivity index (χ0n) is 31.8. The Kier molecular flexibility index (Phi) is 8.19. The van der Waals surface area contributed by atoms with E-state index in [1.165, 1.54) is 82.4 Å². The lowest BCUT2D eigenvalue weighted by atomic mass is 9.95. The van der Waals surface area contributed by atoms with Crippen molar-refractivity contribution in [3.63, 3.8) is 0 Å². The Hall–Kier alpha value is -7.68. The predicted octanol–water partition coefficient (Wildman–Crippen LogP) is 15.6. The summed E-state index contributed by atoms with van der Waals surface area (Å²) in [6.45, 7) is 0. The van der Waals surface area contributed by atoms with E-state index in [0.29, 0.717) is 0 Å². The van der Waals surface area contributed by atoms with E-state index in [9.17, 15) is 0 Å². The summed E-state index contributed by atoms with van der Waals surface area (Å²) < 4.78 is 2.38. The van der Waals surface area contributed by atoms with Crippen LogP contribution in [-0.4, -0.2) is 4.57 Å². The van der Waals surface area contributed by atoms with Crippen molar-refractivity contribution in [3.8, 4) is 39.1 Å². The number of hydrogen-bond acceptors (Lipinski definition) is 1. The normalized spacial score (nSPS) is 11.4. The van der Waals surface area contributed by atoms with Gasteiger partial charge in [0.15, 0.2) is 0 Å². The minimum absolute atomic E-state index is 1.10. The van der Waals surface area contributed by atoms with Crippen molar-refractivity contribution in [1.82, 2.24) is 4.57 Å². The Morgan fingerprint density at radius 3 is 1.59 bits per heavy atom. The molecule has 0 atom stereocenters. The fourth-order valence-electron chi connectivity index (χ4n) is 8.85. The maximum Gasteiger partial charge on any atom is 0.0541 e. The van der Waals surface area contributed by atoms with E-state index >= 15 is 0 Å². The van der Waals surface area contributed by atoms with Crippen molar-refractivity contribution >= 4 is 60.4 Å². The molecular weight excluding hydrogens is 701 g/mol. The number of para-hydroxylation sites is 2. The second-order valence-electron chi connectivity index (χ2n) is 14.9. The summed E-state index contributed by atoms with van der Waals surface area (Å²) >= 11 is 0. The van der Waals surface area contributed by atoms with Crippen molar-refractivity contribution in [2.24, 2.45) is 0 Å². The first kappa shape index (κ1) is 33.6. The minimum Gasteiger partial charge on any atom is -0.310 e. The van der Waals surface area contributed by atoms with Crippen LogP contribution in [0.15, 0.2) is 231 Å². The fraction of sp³-hybridized carbons (Fsp3) is 0. The molecule has 0 N–H and O–H groups in total. The van der Waals surface area contributed by atoms with Crippen LogP contribution in [0.4, 0.5) is 17.1 Å². The third-order valence-electron chi connectivity index (χ3n) is 11.6. The lowest BCUT2D eigenvalue weighted by Gasteiger charge is -2.28. The molecule has 0 amide bonds. The van der Waals surface area contributed by atoms with Crippen LogP contribution < -0.4 is 4.90 Å². The lowest BCUT2D eigenvalue weighted by molar-refractivity contribution is 1.18. The van der Waals surface area contributed by atoms with Gasteiger partial charge in [-0.05, 0) is 110 Å². The molecular formula is C56H38N2. The number of fused-ring (bicyclic) bond motifs is 5. The molecule has 10 aromatic carbocycles. The monoisotopic (exact) mass is 738 g/mol. The summed E-state index contributed by atoms with van der Waals surface area (Å²) in [4.78, 5) is 2.41. The molecule has 272 valence electrons. The maximum atomic E-state index is 2.41. The van der Waals surface area contributed by atoms with E-state index in [4.69, 9.17) is 0 Å². The van der Waals surface area contributed by atoms with Gasteiger partial charge in [0.2, 0.25) is 0 Å². The molecule has 0 unspecified atom stereocenters. The molecule has 0 aliphatic rings. The molecule has 11 aromatic rings. The third kappa shape index (κ3) is 5.74. The zero-order chi connectivity index (χ0) is 38.4. The van der Waals surface area contributed by atoms with Crippen molar-refractivity contribution in [2.75, 3.05) is 4.90 Å². The maximum absolute atomic E-state index is 2.41. The Bertz CT molecular complexity index is 3250. The molecule has 0 saturated carbocycles. The Balaban J connectivity index is 1.06. The van der Waals surface area contributed by atoms with Crippen LogP contribution in [0.5, 0.6) is 0 Å². The van der Waals surface area contributed by atoms with Gasteiger partial charge in [-0.1, -0.05) is 170 Å². The summed E-state index contributed by atoms with van der Waals surface area (Å²) in [7, 11) is 0. The third-order valence-corrected chi connectivity index (χ3v) is 11.6. The van der Waals surface area contributed by atoms with Crippen molar-refractivity contribution in [3.05, 3.63) is 231 Å². The van der Waals surface area contributed by atoms with Crippen LogP contribution in [0.2, 0.25) is 0 Å². The van der Waals surface area contributed by atoms with Crippen LogP contribution in [0.3, 0.4) is 0 Å². The molecule has 1 aromatic heterocycles. The highest BCUT2D eigenvalue weighted by Gasteiger charge is 2.19. The van der Waals surface area contributed by atoms with Gasteiger partial charge in [0.1, 0.15) is 0 Å². The quantitative estimate of drug-likeness (QED) is 0.158. The summed E-state index contributed by atoms with van der Waals surface area (Å²) in [5, 5.41) is 7.41. The molecule has 0 spiro atoms. The number of aromatic nitrogens is 1. The van der Waals surface area contributed by atoms with Gasteiger partial charge in [0.05, 0.1) is 16.7 Å². The standard InChI is InChI=1S/C56H38N2/c1-3-14-39(15-4-1)40-26-31-45(32-27-40)57(46-33-28-42(29-34-46)48-24-13-17-41-16-7-8-20-47(41)48)55-37-35-49(50-21-9-10-22-51(50)55)43-30-36-56-53(38-43)52-23-11-12-25-54(52)58(56)44-18-5-2-6-19-44/h1-38H. The number of anilines is 3. The van der Waals surface area contributed by atoms with Gasteiger partial charge >= 0.3 is 0 Å². The topological polar surface area (TPSA) is 8.17 Å². The van der Waals surface area contributed by atoms with Crippen LogP contribution >= 0.6 is 0 Å². The minimum atomic E-state index is 1.10. The average Bonchev–Trinajstić information content (AvgIpc) is 3.64. The SMILES string of the molecule is c1ccc(-c2ccc(N(c3ccc(-c4cccc5ccccc45)cc3)c3ccc(-c4ccc5c(c4)c4ccccc4n5-c4ccccc4)c4ccccc34)cc2)cc1. The predicted molar refractivity (Wildman–Crippen MR) is 247 cm³/mol. The Morgan fingerprint density at radius 2 is 0.828 bits per heavy atom. The summed E-state index contributed by atoms with van der Waals surface area (Å²) in [6.07, 6.45) is 0. The van der Waals surface area contributed by atoms with Gasteiger partial charge in [-0.2, -0.15) is 0 Å². The zero-order valence-corrected chi connectivity index (χ0v) is 31.8. The van der Waals surface area contributed by atoms with Crippen LogP contribution in [0.1, 0.15) is 0 Å². The highest BCUT2D eigenvalue weighted by Crippen LogP contribution is 2.44. The van der Waals surface area contributed by atoms with Gasteiger partial charge in [-0.15, -0.1) is 0 Å². The highest BCUT2D eigenvalue weighted by atomic mass is 15.1. The van der Waals surface area contributed by atoms with E-state index in [1.54, 1.807) is 0 Å². The fourth-order valence-corrected chi connectivity index (χ4v) is 8.85. The van der Waals surface area contributed by atoms with Gasteiger partial charge < -0.3 is 9.47 Å². The largest absolute Gasteiger partial charge is 0.310 e. The number of nitrogens with zero attached hydrogens (tertiary/aromatic N) is 2. The first-order valence-electron chi connectivity index (χ1n) is 19.9. The van der Waals surface area contributed by atoms with E-state index in [2.05, 4.69) is 240 Å². The van der Waals surface area contributed by atoms with Crippen molar-refractivity contribution < 1.29 is 0 Å². The van der Waals surface area contributed by atoms with Gasteiger partial charge in [0.25, 0.3) is 0 Å². The molecule has 11 rings (SSSR count). The van der Waals surface area contributed by atoms with Crippen molar-refractivity contribution in [2.45, 2.75) is 0 Å². The molecule has 0 bridgehead atoms. The molecule has 2 heteroatoms. The molecule has 0 aliphatic carbocycles. The molecule has 2 nitrogen and oxygen atoms in total. The molecule has 0 fully saturated rings. The average molecular weight is 739 g/mol. The van der Waals surface area contributed by atoms with Gasteiger partial charge in [-0.25, -0.2) is 0 Å². The number of rotatable bonds is 7. The van der Waals surface area contributed by atoms with Crippen molar-refractivity contribution in [1.29, 1.82) is 0 Å².